The van der Waals surface area contributed by atoms with Gasteiger partial charge in [0.1, 0.15) is 12.0 Å². The number of hydrogen-bond donors (Lipinski definition) is 1. The molecule has 0 bridgehead atoms. The van der Waals surface area contributed by atoms with Crippen LogP contribution in [0.1, 0.15) is 5.69 Å². The predicted octanol–water partition coefficient (Wildman–Crippen LogP) is 2.37. The molecule has 3 rings (SSSR count). The summed E-state index contributed by atoms with van der Waals surface area (Å²) in [4.78, 5) is 18.3. The Balaban J connectivity index is 1.67. The van der Waals surface area contributed by atoms with Crippen molar-refractivity contribution in [3.63, 3.8) is 0 Å². The van der Waals surface area contributed by atoms with E-state index in [2.05, 4.69) is 20.4 Å². The molecule has 0 saturated carbocycles. The molecule has 0 unspecified atom stereocenters. The molecule has 1 N–H and O–H groups in total. The molecule has 8 nitrogen and oxygen atoms in total. The van der Waals surface area contributed by atoms with E-state index in [4.69, 9.17) is 0 Å². The zero-order chi connectivity index (χ0) is 15.4. The summed E-state index contributed by atoms with van der Waals surface area (Å²) in [5.41, 5.74) is 0.858. The largest absolute Gasteiger partial charge is 0.323 e. The van der Waals surface area contributed by atoms with Crippen molar-refractivity contribution in [2.45, 2.75) is 6.54 Å². The summed E-state index contributed by atoms with van der Waals surface area (Å²) in [5, 5.41) is 17.9. The van der Waals surface area contributed by atoms with Gasteiger partial charge in [-0.3, -0.25) is 19.8 Å². The Labute approximate surface area is 125 Å². The lowest BCUT2D eigenvalue weighted by Gasteiger charge is -2.02. The van der Waals surface area contributed by atoms with Crippen LogP contribution in [0.3, 0.4) is 0 Å². The molecule has 0 aliphatic carbocycles. The maximum atomic E-state index is 10.6. The fourth-order valence-corrected chi connectivity index (χ4v) is 1.87. The second-order valence-corrected chi connectivity index (χ2v) is 4.50. The lowest BCUT2D eigenvalue weighted by Crippen LogP contribution is -2.03. The van der Waals surface area contributed by atoms with E-state index in [9.17, 15) is 10.1 Å². The minimum Gasteiger partial charge on any atom is -0.323 e. The number of nitrogens with zero attached hydrogens (tertiary/aromatic N) is 5. The van der Waals surface area contributed by atoms with E-state index in [0.717, 1.165) is 5.69 Å². The molecule has 0 aliphatic rings. The molecular weight excluding hydrogens is 284 g/mol. The van der Waals surface area contributed by atoms with E-state index < -0.39 is 4.92 Å². The van der Waals surface area contributed by atoms with Crippen molar-refractivity contribution in [2.75, 3.05) is 5.32 Å². The molecule has 3 aromatic rings. The molecular formula is C14H12N6O2. The number of rotatable bonds is 5. The van der Waals surface area contributed by atoms with Gasteiger partial charge in [-0.2, -0.15) is 5.10 Å². The number of nitro groups is 1. The summed E-state index contributed by atoms with van der Waals surface area (Å²) in [7, 11) is 0. The fourth-order valence-electron chi connectivity index (χ4n) is 1.87. The van der Waals surface area contributed by atoms with Crippen LogP contribution in [0, 0.1) is 10.1 Å². The van der Waals surface area contributed by atoms with Gasteiger partial charge in [0.25, 0.3) is 5.69 Å². The first kappa shape index (κ1) is 13.7. The Hall–Kier alpha value is -3.29. The van der Waals surface area contributed by atoms with Gasteiger partial charge in [0, 0.05) is 24.5 Å². The molecule has 0 atom stereocenters. The highest BCUT2D eigenvalue weighted by Gasteiger charge is 2.06. The molecule has 0 saturated heterocycles. The van der Waals surface area contributed by atoms with Crippen molar-refractivity contribution < 1.29 is 4.92 Å². The van der Waals surface area contributed by atoms with E-state index in [1.165, 1.54) is 18.3 Å². The minimum atomic E-state index is -0.488. The van der Waals surface area contributed by atoms with E-state index in [-0.39, 0.29) is 5.69 Å². The number of hydrogen-bond acceptors (Lipinski definition) is 6. The molecule has 0 spiro atoms. The van der Waals surface area contributed by atoms with Crippen LogP contribution in [0.25, 0.3) is 0 Å². The molecule has 0 amide bonds. The smallest absolute Gasteiger partial charge is 0.287 e. The van der Waals surface area contributed by atoms with Crippen LogP contribution in [0.5, 0.6) is 0 Å². The van der Waals surface area contributed by atoms with Crippen molar-refractivity contribution in [1.82, 2.24) is 19.7 Å². The fraction of sp³-hybridized carbons (Fsp3) is 0.0714. The maximum Gasteiger partial charge on any atom is 0.287 e. The highest BCUT2D eigenvalue weighted by Crippen LogP contribution is 2.15. The van der Waals surface area contributed by atoms with Gasteiger partial charge in [0.15, 0.2) is 5.82 Å². The van der Waals surface area contributed by atoms with Crippen LogP contribution in [0.15, 0.2) is 55.0 Å². The van der Waals surface area contributed by atoms with E-state index >= 15 is 0 Å². The van der Waals surface area contributed by atoms with Gasteiger partial charge in [0.05, 0.1) is 17.2 Å². The molecule has 3 heterocycles. The maximum absolute atomic E-state index is 10.6. The van der Waals surface area contributed by atoms with E-state index in [0.29, 0.717) is 18.2 Å². The summed E-state index contributed by atoms with van der Waals surface area (Å²) in [6, 6.07) is 10.4. The third-order valence-electron chi connectivity index (χ3n) is 2.91. The Morgan fingerprint density at radius 3 is 2.73 bits per heavy atom. The van der Waals surface area contributed by atoms with Crippen LogP contribution in [-0.4, -0.2) is 24.7 Å². The van der Waals surface area contributed by atoms with Gasteiger partial charge in [-0.15, -0.1) is 0 Å². The van der Waals surface area contributed by atoms with Crippen LogP contribution in [-0.2, 0) is 6.54 Å². The Morgan fingerprint density at radius 1 is 1.14 bits per heavy atom. The zero-order valence-corrected chi connectivity index (χ0v) is 11.5. The van der Waals surface area contributed by atoms with Gasteiger partial charge >= 0.3 is 0 Å². The van der Waals surface area contributed by atoms with Crippen LogP contribution in [0.4, 0.5) is 17.3 Å². The topological polar surface area (TPSA) is 98.8 Å². The van der Waals surface area contributed by atoms with Gasteiger partial charge in [-0.05, 0) is 18.2 Å². The molecule has 8 heteroatoms. The van der Waals surface area contributed by atoms with Crippen molar-refractivity contribution in [2.24, 2.45) is 0 Å². The predicted molar refractivity (Wildman–Crippen MR) is 79.7 cm³/mol. The summed E-state index contributed by atoms with van der Waals surface area (Å²) in [6.07, 6.45) is 4.76. The van der Waals surface area contributed by atoms with Gasteiger partial charge in [0.2, 0.25) is 0 Å². The van der Waals surface area contributed by atoms with Crippen molar-refractivity contribution >= 4 is 17.3 Å². The highest BCUT2D eigenvalue weighted by molar-refractivity contribution is 5.52. The van der Waals surface area contributed by atoms with Gasteiger partial charge in [-0.25, -0.2) is 4.98 Å². The average Bonchev–Trinajstić information content (AvgIpc) is 2.96. The molecule has 22 heavy (non-hydrogen) atoms. The first-order valence-electron chi connectivity index (χ1n) is 6.51. The van der Waals surface area contributed by atoms with Crippen molar-refractivity contribution in [1.29, 1.82) is 0 Å². The summed E-state index contributed by atoms with van der Waals surface area (Å²) in [5.74, 6) is 1.10. The highest BCUT2D eigenvalue weighted by atomic mass is 16.6. The number of aromatic nitrogens is 4. The average molecular weight is 296 g/mol. The third kappa shape index (κ3) is 3.23. The van der Waals surface area contributed by atoms with Gasteiger partial charge < -0.3 is 5.32 Å². The molecule has 110 valence electrons. The lowest BCUT2D eigenvalue weighted by molar-refractivity contribution is -0.385. The summed E-state index contributed by atoms with van der Waals surface area (Å²) in [6.45, 7) is 0.566. The zero-order valence-electron chi connectivity index (χ0n) is 11.5. The Bertz CT molecular complexity index is 770. The number of anilines is 2. The third-order valence-corrected chi connectivity index (χ3v) is 2.91. The van der Waals surface area contributed by atoms with Crippen molar-refractivity contribution in [3.8, 4) is 0 Å². The summed E-state index contributed by atoms with van der Waals surface area (Å²) >= 11 is 0. The van der Waals surface area contributed by atoms with Crippen LogP contribution < -0.4 is 5.32 Å². The summed E-state index contributed by atoms with van der Waals surface area (Å²) < 4.78 is 1.75. The van der Waals surface area contributed by atoms with Crippen LogP contribution in [0.2, 0.25) is 0 Å². The molecule has 0 radical (unpaired) electrons. The number of nitrogens with one attached hydrogen (secondary N) is 1. The quantitative estimate of drug-likeness (QED) is 0.573. The first-order valence-corrected chi connectivity index (χ1v) is 6.51. The second-order valence-electron chi connectivity index (χ2n) is 4.50. The van der Waals surface area contributed by atoms with E-state index in [1.54, 1.807) is 16.9 Å². The minimum absolute atomic E-state index is 0.0498. The number of pyridine rings is 2. The first-order chi connectivity index (χ1) is 10.7. The SMILES string of the molecule is O=[N+]([O-])c1ccc(Nc2ccn(Cc3ccccn3)n2)nc1. The Morgan fingerprint density at radius 2 is 2.05 bits per heavy atom. The lowest BCUT2D eigenvalue weighted by atomic mass is 10.3. The molecule has 0 fully saturated rings. The van der Waals surface area contributed by atoms with Gasteiger partial charge in [-0.1, -0.05) is 6.07 Å². The normalized spacial score (nSPS) is 10.4. The Kier molecular flexibility index (Phi) is 3.73. The van der Waals surface area contributed by atoms with E-state index in [1.807, 2.05) is 24.4 Å². The molecule has 3 aromatic heterocycles. The monoisotopic (exact) mass is 296 g/mol. The van der Waals surface area contributed by atoms with Crippen molar-refractivity contribution in [3.05, 3.63) is 70.8 Å². The second kappa shape index (κ2) is 6.00. The standard InChI is InChI=1S/C14H12N6O2/c21-20(22)12-4-5-13(16-9-12)17-14-6-8-19(18-14)10-11-3-1-2-7-15-11/h1-9H,10H2,(H,16,17,18). The van der Waals surface area contributed by atoms with Crippen LogP contribution >= 0.6 is 0 Å². The molecule has 0 aromatic carbocycles. The molecule has 0 aliphatic heterocycles.